The van der Waals surface area contributed by atoms with E-state index in [2.05, 4.69) is 9.97 Å². The number of aryl methyl sites for hydroxylation is 2. The average Bonchev–Trinajstić information content (AvgIpc) is 2.75. The maximum Gasteiger partial charge on any atom is 0.283 e. The number of fused-ring (bicyclic) bond motifs is 1. The molecule has 0 saturated heterocycles. The van der Waals surface area contributed by atoms with Crippen LogP contribution in [0.2, 0.25) is 0 Å². The van der Waals surface area contributed by atoms with Crippen molar-refractivity contribution < 1.29 is 4.92 Å². The highest BCUT2D eigenvalue weighted by Crippen LogP contribution is 2.40. The molecule has 0 radical (unpaired) electrons. The van der Waals surface area contributed by atoms with Gasteiger partial charge in [-0.1, -0.05) is 23.9 Å². The van der Waals surface area contributed by atoms with Crippen LogP contribution >= 0.6 is 23.1 Å². The van der Waals surface area contributed by atoms with E-state index in [9.17, 15) is 10.1 Å². The molecule has 3 aromatic rings. The Bertz CT molecular complexity index is 845. The lowest BCUT2D eigenvalue weighted by Crippen LogP contribution is -1.91. The van der Waals surface area contributed by atoms with Crippen molar-refractivity contribution in [1.29, 1.82) is 0 Å². The number of nitrogens with zero attached hydrogens (tertiary/aromatic N) is 3. The Kier molecular flexibility index (Phi) is 3.60. The molecule has 0 N–H and O–H groups in total. The molecule has 0 bridgehead atoms. The van der Waals surface area contributed by atoms with E-state index in [4.69, 9.17) is 0 Å². The Hall–Kier alpha value is -1.99. The highest BCUT2D eigenvalue weighted by atomic mass is 32.2. The number of rotatable bonds is 3. The number of aromatic nitrogens is 2. The minimum absolute atomic E-state index is 0.0962. The van der Waals surface area contributed by atoms with Gasteiger partial charge in [0.25, 0.3) is 5.69 Å². The van der Waals surface area contributed by atoms with Crippen LogP contribution in [0.1, 0.15) is 10.4 Å². The molecule has 106 valence electrons. The molecular formula is C14H11N3O2S2. The van der Waals surface area contributed by atoms with Crippen molar-refractivity contribution in [2.75, 3.05) is 0 Å². The molecule has 2 heterocycles. The Labute approximate surface area is 129 Å². The van der Waals surface area contributed by atoms with Gasteiger partial charge in [-0.15, -0.1) is 11.3 Å². The van der Waals surface area contributed by atoms with Gasteiger partial charge < -0.3 is 0 Å². The molecule has 0 spiro atoms. The third-order valence-corrected chi connectivity index (χ3v) is 5.38. The van der Waals surface area contributed by atoms with Gasteiger partial charge in [0.05, 0.1) is 9.82 Å². The first kappa shape index (κ1) is 14.0. The lowest BCUT2D eigenvalue weighted by molar-refractivity contribution is -0.387. The van der Waals surface area contributed by atoms with Crippen molar-refractivity contribution >= 4 is 39.0 Å². The molecule has 7 heteroatoms. The van der Waals surface area contributed by atoms with Crippen LogP contribution in [0, 0.1) is 24.0 Å². The number of nitro benzene ring substituents is 1. The fourth-order valence-corrected chi connectivity index (χ4v) is 4.14. The number of nitro groups is 1. The van der Waals surface area contributed by atoms with Crippen LogP contribution in [-0.4, -0.2) is 14.9 Å². The molecule has 0 aliphatic rings. The largest absolute Gasteiger partial charge is 0.283 e. The summed E-state index contributed by atoms with van der Waals surface area (Å²) in [5.41, 5.74) is 1.23. The van der Waals surface area contributed by atoms with Gasteiger partial charge in [0.2, 0.25) is 0 Å². The molecule has 0 fully saturated rings. The fourth-order valence-electron chi connectivity index (χ4n) is 2.03. The third kappa shape index (κ3) is 2.50. The molecule has 3 rings (SSSR count). The number of para-hydroxylation sites is 1. The number of benzene rings is 1. The predicted octanol–water partition coefficient (Wildman–Crippen LogP) is 4.37. The van der Waals surface area contributed by atoms with Crippen molar-refractivity contribution in [2.24, 2.45) is 0 Å². The maximum atomic E-state index is 11.1. The quantitative estimate of drug-likeness (QED) is 0.407. The van der Waals surface area contributed by atoms with Crippen LogP contribution in [0.4, 0.5) is 5.69 Å². The molecule has 2 aromatic heterocycles. The normalized spacial score (nSPS) is 11.0. The first-order chi connectivity index (χ1) is 10.1. The number of thiophene rings is 1. The second kappa shape index (κ2) is 5.42. The minimum Gasteiger partial charge on any atom is -0.258 e. The zero-order chi connectivity index (χ0) is 15.0. The van der Waals surface area contributed by atoms with E-state index in [1.165, 1.54) is 29.0 Å². The maximum absolute atomic E-state index is 11.1. The minimum atomic E-state index is -0.369. The summed E-state index contributed by atoms with van der Waals surface area (Å²) >= 11 is 2.93. The Morgan fingerprint density at radius 2 is 2.00 bits per heavy atom. The summed E-state index contributed by atoms with van der Waals surface area (Å²) in [5, 5.41) is 12.9. The van der Waals surface area contributed by atoms with Crippen LogP contribution in [0.5, 0.6) is 0 Å². The van der Waals surface area contributed by atoms with E-state index < -0.39 is 0 Å². The van der Waals surface area contributed by atoms with Crippen molar-refractivity contribution in [3.8, 4) is 0 Å². The van der Waals surface area contributed by atoms with E-state index in [1.54, 1.807) is 29.5 Å². The zero-order valence-corrected chi connectivity index (χ0v) is 13.0. The second-order valence-electron chi connectivity index (χ2n) is 4.47. The smallest absolute Gasteiger partial charge is 0.258 e. The Morgan fingerprint density at radius 1 is 1.24 bits per heavy atom. The third-order valence-electron chi connectivity index (χ3n) is 3.20. The van der Waals surface area contributed by atoms with Gasteiger partial charge in [-0.25, -0.2) is 9.97 Å². The zero-order valence-electron chi connectivity index (χ0n) is 11.4. The van der Waals surface area contributed by atoms with E-state index in [-0.39, 0.29) is 10.6 Å². The molecule has 0 saturated carbocycles. The van der Waals surface area contributed by atoms with Gasteiger partial charge in [0.1, 0.15) is 16.2 Å². The first-order valence-electron chi connectivity index (χ1n) is 6.20. The van der Waals surface area contributed by atoms with E-state index in [1.807, 2.05) is 13.8 Å². The van der Waals surface area contributed by atoms with Gasteiger partial charge in [0.15, 0.2) is 0 Å². The summed E-state index contributed by atoms with van der Waals surface area (Å²) in [6.07, 6.45) is 1.51. The van der Waals surface area contributed by atoms with Gasteiger partial charge in [-0.2, -0.15) is 0 Å². The first-order valence-corrected chi connectivity index (χ1v) is 7.83. The lowest BCUT2D eigenvalue weighted by Gasteiger charge is -2.04. The van der Waals surface area contributed by atoms with E-state index >= 15 is 0 Å². The molecule has 0 amide bonds. The van der Waals surface area contributed by atoms with Crippen LogP contribution in [-0.2, 0) is 0 Å². The topological polar surface area (TPSA) is 68.9 Å². The molecule has 1 aromatic carbocycles. The molecule has 0 aliphatic carbocycles. The van der Waals surface area contributed by atoms with Gasteiger partial charge in [-0.05, 0) is 25.5 Å². The Balaban J connectivity index is 2.13. The predicted molar refractivity (Wildman–Crippen MR) is 84.1 cm³/mol. The van der Waals surface area contributed by atoms with Crippen LogP contribution in [0.25, 0.3) is 10.2 Å². The highest BCUT2D eigenvalue weighted by Gasteiger charge is 2.18. The summed E-state index contributed by atoms with van der Waals surface area (Å²) < 4.78 is 0. The van der Waals surface area contributed by atoms with Crippen molar-refractivity contribution in [1.82, 2.24) is 9.97 Å². The molecule has 0 atom stereocenters. The second-order valence-corrected chi connectivity index (χ2v) is 6.70. The summed E-state index contributed by atoms with van der Waals surface area (Å²) in [4.78, 5) is 22.0. The van der Waals surface area contributed by atoms with Crippen LogP contribution < -0.4 is 0 Å². The highest BCUT2D eigenvalue weighted by molar-refractivity contribution is 7.99. The van der Waals surface area contributed by atoms with Gasteiger partial charge in [-0.3, -0.25) is 10.1 Å². The monoisotopic (exact) mass is 317 g/mol. The fraction of sp³-hybridized carbons (Fsp3) is 0.143. The summed E-state index contributed by atoms with van der Waals surface area (Å²) in [7, 11) is 0. The van der Waals surface area contributed by atoms with Crippen LogP contribution in [0.15, 0.2) is 40.5 Å². The number of hydrogen-bond donors (Lipinski definition) is 0. The van der Waals surface area contributed by atoms with Gasteiger partial charge >= 0.3 is 0 Å². The molecule has 0 aliphatic heterocycles. The summed E-state index contributed by atoms with van der Waals surface area (Å²) in [6, 6.07) is 6.70. The van der Waals surface area contributed by atoms with Crippen molar-refractivity contribution in [3.05, 3.63) is 51.1 Å². The van der Waals surface area contributed by atoms with Crippen molar-refractivity contribution in [3.63, 3.8) is 0 Å². The average molecular weight is 317 g/mol. The van der Waals surface area contributed by atoms with Crippen LogP contribution in [0.3, 0.4) is 0 Å². The van der Waals surface area contributed by atoms with Crippen molar-refractivity contribution in [2.45, 2.75) is 23.8 Å². The molecule has 21 heavy (non-hydrogen) atoms. The summed E-state index contributed by atoms with van der Waals surface area (Å²) in [5.74, 6) is 0. The van der Waals surface area contributed by atoms with E-state index in [0.717, 1.165) is 20.8 Å². The molecule has 5 nitrogen and oxygen atoms in total. The lowest BCUT2D eigenvalue weighted by atomic mass is 10.2. The SMILES string of the molecule is Cc1sc2ncnc(Sc3ccccc3[N+](=O)[O-])c2c1C. The standard InChI is InChI=1S/C14H11N3O2S2/c1-8-9(2)20-13-12(8)14(16-7-15-13)21-11-6-4-3-5-10(11)17(18)19/h3-7H,1-2H3. The van der Waals surface area contributed by atoms with Gasteiger partial charge in [0, 0.05) is 16.3 Å². The van der Waals surface area contributed by atoms with E-state index in [0.29, 0.717) is 4.90 Å². The number of hydrogen-bond acceptors (Lipinski definition) is 6. The molecule has 0 unspecified atom stereocenters. The summed E-state index contributed by atoms with van der Waals surface area (Å²) in [6.45, 7) is 4.07. The molecular weight excluding hydrogens is 306 g/mol. The Morgan fingerprint density at radius 3 is 2.76 bits per heavy atom.